The van der Waals surface area contributed by atoms with E-state index in [1.54, 1.807) is 12.4 Å². The molecular weight excluding hydrogens is 256 g/mol. The van der Waals surface area contributed by atoms with E-state index in [1.165, 1.54) is 32.1 Å². The number of hydrogen-bond donors (Lipinski definition) is 2. The molecule has 0 radical (unpaired) electrons. The third-order valence-electron chi connectivity index (χ3n) is 3.91. The SMILES string of the molecule is CC1CCC(CCNc2nccnc2C(N)=S)CC1. The Morgan fingerprint density at radius 2 is 2.00 bits per heavy atom. The third-order valence-corrected chi connectivity index (χ3v) is 4.11. The second-order valence-electron chi connectivity index (χ2n) is 5.46. The molecule has 1 aliphatic rings. The average Bonchev–Trinajstić information content (AvgIpc) is 2.41. The molecule has 104 valence electrons. The van der Waals surface area contributed by atoms with Gasteiger partial charge in [-0.1, -0.05) is 44.8 Å². The van der Waals surface area contributed by atoms with Crippen LogP contribution < -0.4 is 11.1 Å². The van der Waals surface area contributed by atoms with Crippen LogP contribution in [0, 0.1) is 11.8 Å². The van der Waals surface area contributed by atoms with E-state index in [4.69, 9.17) is 18.0 Å². The molecule has 1 aromatic rings. The van der Waals surface area contributed by atoms with Crippen molar-refractivity contribution in [3.8, 4) is 0 Å². The Morgan fingerprint density at radius 3 is 2.68 bits per heavy atom. The first-order valence-corrected chi connectivity index (χ1v) is 7.42. The second-order valence-corrected chi connectivity index (χ2v) is 5.90. The predicted octanol–water partition coefficient (Wildman–Crippen LogP) is 2.74. The molecular formula is C14H22N4S. The summed E-state index contributed by atoms with van der Waals surface area (Å²) in [5, 5.41) is 3.31. The van der Waals surface area contributed by atoms with Crippen LogP contribution in [0.3, 0.4) is 0 Å². The lowest BCUT2D eigenvalue weighted by Gasteiger charge is -2.26. The lowest BCUT2D eigenvalue weighted by Crippen LogP contribution is -2.19. The van der Waals surface area contributed by atoms with Gasteiger partial charge in [0.2, 0.25) is 0 Å². The van der Waals surface area contributed by atoms with E-state index in [1.807, 2.05) is 0 Å². The topological polar surface area (TPSA) is 63.8 Å². The zero-order valence-electron chi connectivity index (χ0n) is 11.4. The smallest absolute Gasteiger partial charge is 0.155 e. The summed E-state index contributed by atoms with van der Waals surface area (Å²) in [5.74, 6) is 2.46. The zero-order valence-corrected chi connectivity index (χ0v) is 12.2. The first-order chi connectivity index (χ1) is 9.16. The van der Waals surface area contributed by atoms with E-state index in [2.05, 4.69) is 22.2 Å². The first kappa shape index (κ1) is 14.2. The predicted molar refractivity (Wildman–Crippen MR) is 82.1 cm³/mol. The Labute approximate surface area is 120 Å². The molecule has 0 aliphatic heterocycles. The maximum absolute atomic E-state index is 5.63. The van der Waals surface area contributed by atoms with Gasteiger partial charge in [-0.2, -0.15) is 0 Å². The average molecular weight is 278 g/mol. The van der Waals surface area contributed by atoms with Gasteiger partial charge in [-0.3, -0.25) is 0 Å². The van der Waals surface area contributed by atoms with Gasteiger partial charge in [0.05, 0.1) is 0 Å². The van der Waals surface area contributed by atoms with E-state index in [9.17, 15) is 0 Å². The lowest BCUT2D eigenvalue weighted by atomic mass is 9.81. The molecule has 1 fully saturated rings. The Bertz CT molecular complexity index is 427. The fourth-order valence-corrected chi connectivity index (χ4v) is 2.81. The molecule has 0 amide bonds. The molecule has 19 heavy (non-hydrogen) atoms. The van der Waals surface area contributed by atoms with Gasteiger partial charge in [-0.25, -0.2) is 9.97 Å². The van der Waals surface area contributed by atoms with Crippen molar-refractivity contribution in [2.75, 3.05) is 11.9 Å². The van der Waals surface area contributed by atoms with Crippen LogP contribution in [0.4, 0.5) is 5.82 Å². The molecule has 4 nitrogen and oxygen atoms in total. The van der Waals surface area contributed by atoms with Crippen LogP contribution in [0.15, 0.2) is 12.4 Å². The van der Waals surface area contributed by atoms with Gasteiger partial charge in [0.1, 0.15) is 10.7 Å². The fraction of sp³-hybridized carbons (Fsp3) is 0.643. The number of thiocarbonyl (C=S) groups is 1. The van der Waals surface area contributed by atoms with Gasteiger partial charge in [0.15, 0.2) is 5.82 Å². The van der Waals surface area contributed by atoms with Crippen molar-refractivity contribution in [2.45, 2.75) is 39.0 Å². The maximum Gasteiger partial charge on any atom is 0.155 e. The molecule has 5 heteroatoms. The summed E-state index contributed by atoms with van der Waals surface area (Å²) in [6.45, 7) is 3.26. The van der Waals surface area contributed by atoms with Gasteiger partial charge in [-0.15, -0.1) is 0 Å². The normalized spacial score (nSPS) is 23.0. The van der Waals surface area contributed by atoms with Gasteiger partial charge in [0.25, 0.3) is 0 Å². The van der Waals surface area contributed by atoms with Crippen LogP contribution in [0.5, 0.6) is 0 Å². The lowest BCUT2D eigenvalue weighted by molar-refractivity contribution is 0.282. The summed E-state index contributed by atoms with van der Waals surface area (Å²) in [6, 6.07) is 0. The summed E-state index contributed by atoms with van der Waals surface area (Å²) in [6.07, 6.45) is 9.90. The van der Waals surface area contributed by atoms with Crippen molar-refractivity contribution in [3.05, 3.63) is 18.1 Å². The monoisotopic (exact) mass is 278 g/mol. The number of rotatable bonds is 5. The van der Waals surface area contributed by atoms with Gasteiger partial charge in [-0.05, 0) is 18.3 Å². The highest BCUT2D eigenvalue weighted by Crippen LogP contribution is 2.30. The first-order valence-electron chi connectivity index (χ1n) is 7.01. The minimum atomic E-state index is 0.294. The van der Waals surface area contributed by atoms with Crippen LogP contribution in [0.1, 0.15) is 44.7 Å². The molecule has 2 rings (SSSR count). The molecule has 1 heterocycles. The molecule has 1 aliphatic carbocycles. The Morgan fingerprint density at radius 1 is 1.32 bits per heavy atom. The summed E-state index contributed by atoms with van der Waals surface area (Å²) in [4.78, 5) is 8.71. The van der Waals surface area contributed by atoms with Crippen LogP contribution in [-0.2, 0) is 0 Å². The highest BCUT2D eigenvalue weighted by atomic mass is 32.1. The van der Waals surface area contributed by atoms with Gasteiger partial charge in [0, 0.05) is 18.9 Å². The molecule has 1 aromatic heterocycles. The molecule has 0 saturated heterocycles. The highest BCUT2D eigenvalue weighted by Gasteiger charge is 2.18. The standard InChI is InChI=1S/C14H22N4S/c1-10-2-4-11(5-3-10)6-7-17-14-12(13(15)19)16-8-9-18-14/h8-11H,2-7H2,1H3,(H2,15,19)(H,17,18). The fourth-order valence-electron chi connectivity index (χ4n) is 2.66. The highest BCUT2D eigenvalue weighted by molar-refractivity contribution is 7.80. The van der Waals surface area contributed by atoms with Crippen LogP contribution in [-0.4, -0.2) is 21.5 Å². The molecule has 0 spiro atoms. The largest absolute Gasteiger partial charge is 0.388 e. The third kappa shape index (κ3) is 4.13. The molecule has 0 atom stereocenters. The summed E-state index contributed by atoms with van der Waals surface area (Å²) in [7, 11) is 0. The summed E-state index contributed by atoms with van der Waals surface area (Å²) < 4.78 is 0. The number of nitrogens with two attached hydrogens (primary N) is 1. The van der Waals surface area contributed by atoms with Crippen molar-refractivity contribution in [1.29, 1.82) is 0 Å². The van der Waals surface area contributed by atoms with Crippen LogP contribution in [0.25, 0.3) is 0 Å². The maximum atomic E-state index is 5.63. The minimum absolute atomic E-state index is 0.294. The Balaban J connectivity index is 1.81. The van der Waals surface area contributed by atoms with Crippen molar-refractivity contribution in [3.63, 3.8) is 0 Å². The molecule has 1 saturated carbocycles. The van der Waals surface area contributed by atoms with E-state index in [-0.39, 0.29) is 0 Å². The molecule has 0 aromatic carbocycles. The van der Waals surface area contributed by atoms with E-state index in [0.29, 0.717) is 16.5 Å². The molecule has 0 bridgehead atoms. The van der Waals surface area contributed by atoms with Crippen molar-refractivity contribution in [2.24, 2.45) is 17.6 Å². The number of nitrogens with one attached hydrogen (secondary N) is 1. The summed E-state index contributed by atoms with van der Waals surface area (Å²) >= 11 is 4.97. The number of anilines is 1. The zero-order chi connectivity index (χ0) is 13.7. The van der Waals surface area contributed by atoms with E-state index in [0.717, 1.165) is 18.4 Å². The van der Waals surface area contributed by atoms with E-state index >= 15 is 0 Å². The Hall–Kier alpha value is -1.23. The minimum Gasteiger partial charge on any atom is -0.388 e. The number of nitrogens with zero attached hydrogens (tertiary/aromatic N) is 2. The summed E-state index contributed by atoms with van der Waals surface area (Å²) in [5.41, 5.74) is 6.23. The van der Waals surface area contributed by atoms with Crippen LogP contribution >= 0.6 is 12.2 Å². The molecule has 0 unspecified atom stereocenters. The van der Waals surface area contributed by atoms with Crippen molar-refractivity contribution in [1.82, 2.24) is 9.97 Å². The molecule has 3 N–H and O–H groups in total. The van der Waals surface area contributed by atoms with Gasteiger partial charge < -0.3 is 11.1 Å². The Kier molecular flexibility index (Phi) is 5.07. The van der Waals surface area contributed by atoms with E-state index < -0.39 is 0 Å². The van der Waals surface area contributed by atoms with Crippen molar-refractivity contribution >= 4 is 23.0 Å². The number of hydrogen-bond acceptors (Lipinski definition) is 4. The van der Waals surface area contributed by atoms with Crippen molar-refractivity contribution < 1.29 is 0 Å². The second kappa shape index (κ2) is 6.80. The number of aromatic nitrogens is 2. The quantitative estimate of drug-likeness (QED) is 0.811. The van der Waals surface area contributed by atoms with Gasteiger partial charge >= 0.3 is 0 Å². The van der Waals surface area contributed by atoms with Crippen LogP contribution in [0.2, 0.25) is 0 Å².